The number of aliphatic hydroxyl groups excluding tert-OH is 1. The monoisotopic (exact) mass is 1450 g/mol. The lowest BCUT2D eigenvalue weighted by molar-refractivity contribution is -0.161. The molecule has 3 N–H and O–H groups in total. The van der Waals surface area contributed by atoms with E-state index in [9.17, 15) is 43.2 Å². The van der Waals surface area contributed by atoms with Gasteiger partial charge in [-0.25, -0.2) is 9.13 Å². The van der Waals surface area contributed by atoms with Crippen LogP contribution < -0.4 is 0 Å². The zero-order valence-electron chi connectivity index (χ0n) is 64.8. The maximum absolute atomic E-state index is 13.1. The first-order valence-corrected chi connectivity index (χ1v) is 44.5. The summed E-state index contributed by atoms with van der Waals surface area (Å²) in [6.07, 6.45) is 61.0. The molecule has 0 rings (SSSR count). The number of phosphoric ester groups is 2. The SMILES string of the molecule is CCCCCCCCCCCCCC(=O)O[C@H](COC(=O)CCCCCCCCCCC)COP(=O)(O)OC[C@H](O)COP(=O)(O)OC[C@@H](COC(=O)CCCCCCCCCCCCCCCCC(C)C)OC(=O)CCCCCCCCCCCCCCCCCCCCC(C)CC. The van der Waals surface area contributed by atoms with E-state index >= 15 is 0 Å². The van der Waals surface area contributed by atoms with Crippen LogP contribution in [0, 0.1) is 11.8 Å². The fourth-order valence-corrected chi connectivity index (χ4v) is 13.9. The average molecular weight is 1450 g/mol. The first-order chi connectivity index (χ1) is 47.9. The third kappa shape index (κ3) is 72.8. The third-order valence-electron chi connectivity index (χ3n) is 19.1. The topological polar surface area (TPSA) is 237 Å². The number of ether oxygens (including phenoxy) is 4. The average Bonchev–Trinajstić information content (AvgIpc) is 1.00. The van der Waals surface area contributed by atoms with Gasteiger partial charge in [0.2, 0.25) is 0 Å². The van der Waals surface area contributed by atoms with E-state index in [1.807, 2.05) is 0 Å². The molecule has 17 nitrogen and oxygen atoms in total. The number of aliphatic hydroxyl groups is 1. The highest BCUT2D eigenvalue weighted by molar-refractivity contribution is 7.47. The van der Waals surface area contributed by atoms with Gasteiger partial charge in [-0.05, 0) is 37.5 Å². The standard InChI is InChI=1S/C80H156O17P2/c1-7-10-12-14-16-18-31-40-46-52-58-64-79(84)96-75(68-90-77(82)62-56-50-44-36-17-15-13-11-8-2)70-94-98(86,87)92-66-74(81)67-93-99(88,89)95-71-76(69-91-78(83)63-57-51-45-39-34-29-26-25-27-32-37-42-48-54-60-72(4)5)97-80(85)65-59-53-47-41-35-30-24-22-20-19-21-23-28-33-38-43-49-55-61-73(6)9-3/h72-76,81H,7-71H2,1-6H3,(H,86,87)(H,88,89)/t73?,74-,75+,76+/m0/s1. The Labute approximate surface area is 607 Å². The van der Waals surface area contributed by atoms with E-state index in [-0.39, 0.29) is 25.7 Å². The molecular formula is C80H156O17P2. The van der Waals surface area contributed by atoms with Crippen LogP contribution in [0.1, 0.15) is 420 Å². The summed E-state index contributed by atoms with van der Waals surface area (Å²) < 4.78 is 68.6. The molecule has 0 radical (unpaired) electrons. The minimum Gasteiger partial charge on any atom is -0.462 e. The normalized spacial score (nSPS) is 14.2. The van der Waals surface area contributed by atoms with Gasteiger partial charge in [0, 0.05) is 25.7 Å². The van der Waals surface area contributed by atoms with E-state index in [0.717, 1.165) is 102 Å². The maximum Gasteiger partial charge on any atom is 0.472 e. The number of hydrogen-bond acceptors (Lipinski definition) is 15. The van der Waals surface area contributed by atoms with E-state index in [1.165, 1.54) is 238 Å². The Kier molecular flexibility index (Phi) is 70.3. The number of carbonyl (C=O) groups is 4. The predicted molar refractivity (Wildman–Crippen MR) is 405 cm³/mol. The van der Waals surface area contributed by atoms with Crippen molar-refractivity contribution >= 4 is 39.5 Å². The smallest absolute Gasteiger partial charge is 0.462 e. The minimum absolute atomic E-state index is 0.107. The Morgan fingerprint density at radius 1 is 0.293 bits per heavy atom. The highest BCUT2D eigenvalue weighted by Gasteiger charge is 2.30. The number of rotatable bonds is 79. The number of unbranched alkanes of at least 4 members (excludes halogenated alkanes) is 48. The van der Waals surface area contributed by atoms with Gasteiger partial charge in [-0.15, -0.1) is 0 Å². The molecule has 0 aliphatic rings. The molecule has 0 aliphatic heterocycles. The van der Waals surface area contributed by atoms with Crippen molar-refractivity contribution < 1.29 is 80.2 Å². The third-order valence-corrected chi connectivity index (χ3v) is 21.0. The lowest BCUT2D eigenvalue weighted by Crippen LogP contribution is -2.30. The molecule has 99 heavy (non-hydrogen) atoms. The van der Waals surface area contributed by atoms with Gasteiger partial charge in [-0.2, -0.15) is 0 Å². The van der Waals surface area contributed by atoms with Gasteiger partial charge in [0.15, 0.2) is 12.2 Å². The molecule has 0 aromatic rings. The molecule has 0 saturated heterocycles. The van der Waals surface area contributed by atoms with Gasteiger partial charge < -0.3 is 33.8 Å². The Hall–Kier alpha value is -1.94. The molecule has 0 spiro atoms. The van der Waals surface area contributed by atoms with Crippen molar-refractivity contribution in [2.75, 3.05) is 39.6 Å². The summed E-state index contributed by atoms with van der Waals surface area (Å²) >= 11 is 0. The highest BCUT2D eigenvalue weighted by atomic mass is 31.2. The molecule has 0 fully saturated rings. The van der Waals surface area contributed by atoms with Crippen molar-refractivity contribution in [1.29, 1.82) is 0 Å². The van der Waals surface area contributed by atoms with Crippen LogP contribution in [0.4, 0.5) is 0 Å². The van der Waals surface area contributed by atoms with Gasteiger partial charge >= 0.3 is 39.5 Å². The Morgan fingerprint density at radius 2 is 0.515 bits per heavy atom. The zero-order chi connectivity index (χ0) is 72.8. The minimum atomic E-state index is -4.96. The Balaban J connectivity index is 5.18. The van der Waals surface area contributed by atoms with E-state index in [4.69, 9.17) is 37.0 Å². The largest absolute Gasteiger partial charge is 0.472 e. The molecule has 0 aromatic carbocycles. The molecule has 0 bridgehead atoms. The zero-order valence-corrected chi connectivity index (χ0v) is 66.6. The van der Waals surface area contributed by atoms with Crippen LogP contribution in [0.15, 0.2) is 0 Å². The number of carbonyl (C=O) groups excluding carboxylic acids is 4. The van der Waals surface area contributed by atoms with Crippen molar-refractivity contribution in [3.63, 3.8) is 0 Å². The van der Waals surface area contributed by atoms with E-state index in [2.05, 4.69) is 41.5 Å². The van der Waals surface area contributed by atoms with E-state index in [0.29, 0.717) is 25.7 Å². The number of hydrogen-bond donors (Lipinski definition) is 3. The lowest BCUT2D eigenvalue weighted by atomic mass is 9.99. The Bertz CT molecular complexity index is 1910. The van der Waals surface area contributed by atoms with Crippen molar-refractivity contribution in [3.8, 4) is 0 Å². The molecule has 0 aliphatic carbocycles. The summed E-state index contributed by atoms with van der Waals surface area (Å²) in [7, 11) is -9.91. The quantitative estimate of drug-likeness (QED) is 0.0222. The molecular weight excluding hydrogens is 1290 g/mol. The predicted octanol–water partition coefficient (Wildman–Crippen LogP) is 23.9. The number of esters is 4. The van der Waals surface area contributed by atoms with E-state index in [1.54, 1.807) is 0 Å². The first-order valence-electron chi connectivity index (χ1n) is 41.5. The maximum atomic E-state index is 13.1. The molecule has 588 valence electrons. The molecule has 0 aromatic heterocycles. The van der Waals surface area contributed by atoms with Crippen molar-refractivity contribution in [2.45, 2.75) is 439 Å². The van der Waals surface area contributed by atoms with Crippen molar-refractivity contribution in [2.24, 2.45) is 11.8 Å². The molecule has 0 heterocycles. The highest BCUT2D eigenvalue weighted by Crippen LogP contribution is 2.45. The second-order valence-electron chi connectivity index (χ2n) is 29.5. The first kappa shape index (κ1) is 97.1. The van der Waals surface area contributed by atoms with E-state index < -0.39 is 97.5 Å². The van der Waals surface area contributed by atoms with Gasteiger partial charge in [-0.1, -0.05) is 369 Å². The molecule has 19 heteroatoms. The van der Waals surface area contributed by atoms with Crippen LogP contribution in [-0.2, 0) is 65.4 Å². The summed E-state index contributed by atoms with van der Waals surface area (Å²) in [6.45, 7) is 9.69. The van der Waals surface area contributed by atoms with Gasteiger partial charge in [0.05, 0.1) is 26.4 Å². The van der Waals surface area contributed by atoms with Gasteiger partial charge in [0.25, 0.3) is 0 Å². The summed E-state index contributed by atoms with van der Waals surface area (Å²) in [5, 5.41) is 10.6. The summed E-state index contributed by atoms with van der Waals surface area (Å²) in [5.41, 5.74) is 0. The van der Waals surface area contributed by atoms with Crippen LogP contribution in [0.5, 0.6) is 0 Å². The summed E-state index contributed by atoms with van der Waals surface area (Å²) in [4.78, 5) is 72.9. The lowest BCUT2D eigenvalue weighted by Gasteiger charge is -2.21. The van der Waals surface area contributed by atoms with Crippen LogP contribution in [-0.4, -0.2) is 96.7 Å². The summed E-state index contributed by atoms with van der Waals surface area (Å²) in [6, 6.07) is 0. The van der Waals surface area contributed by atoms with Gasteiger partial charge in [-0.3, -0.25) is 37.3 Å². The summed E-state index contributed by atoms with van der Waals surface area (Å²) in [5.74, 6) is -0.441. The fourth-order valence-electron chi connectivity index (χ4n) is 12.3. The molecule has 6 atom stereocenters. The number of phosphoric acid groups is 2. The van der Waals surface area contributed by atoms with Crippen LogP contribution in [0.3, 0.4) is 0 Å². The molecule has 0 amide bonds. The molecule has 0 saturated carbocycles. The Morgan fingerprint density at radius 3 is 0.768 bits per heavy atom. The van der Waals surface area contributed by atoms with Gasteiger partial charge in [0.1, 0.15) is 19.3 Å². The van der Waals surface area contributed by atoms with Crippen LogP contribution in [0.25, 0.3) is 0 Å². The molecule has 3 unspecified atom stereocenters. The van der Waals surface area contributed by atoms with Crippen molar-refractivity contribution in [3.05, 3.63) is 0 Å². The van der Waals surface area contributed by atoms with Crippen LogP contribution >= 0.6 is 15.6 Å². The second-order valence-corrected chi connectivity index (χ2v) is 32.4. The van der Waals surface area contributed by atoms with Crippen LogP contribution in [0.2, 0.25) is 0 Å². The fraction of sp³-hybridized carbons (Fsp3) is 0.950. The second kappa shape index (κ2) is 71.7. The van der Waals surface area contributed by atoms with Crippen molar-refractivity contribution in [1.82, 2.24) is 0 Å².